The van der Waals surface area contributed by atoms with Crippen LogP contribution in [0.15, 0.2) is 0 Å². The molecule has 0 bridgehead atoms. The van der Waals surface area contributed by atoms with Gasteiger partial charge in [0.25, 0.3) is 0 Å². The lowest BCUT2D eigenvalue weighted by Crippen LogP contribution is -2.58. The molecule has 1 heterocycles. The molecule has 4 nitrogen and oxygen atoms in total. The average Bonchev–Trinajstić information content (AvgIpc) is 2.76. The maximum Gasteiger partial charge on any atom is 0.0510 e. The van der Waals surface area contributed by atoms with Crippen molar-refractivity contribution in [1.29, 1.82) is 0 Å². The van der Waals surface area contributed by atoms with Gasteiger partial charge in [-0.1, -0.05) is 0 Å². The molecule has 4 heteroatoms. The maximum absolute atomic E-state index is 6.30. The lowest BCUT2D eigenvalue weighted by atomic mass is 9.75. The highest BCUT2D eigenvalue weighted by atomic mass is 16.5. The van der Waals surface area contributed by atoms with Crippen molar-refractivity contribution in [2.24, 2.45) is 11.7 Å². The van der Waals surface area contributed by atoms with Gasteiger partial charge >= 0.3 is 0 Å². The topological polar surface area (TPSA) is 41.7 Å². The fraction of sp³-hybridized carbons (Fsp3) is 1.00. The van der Waals surface area contributed by atoms with Gasteiger partial charge in [0, 0.05) is 37.2 Å². The Bertz CT molecular complexity index is 260. The van der Waals surface area contributed by atoms with Crippen LogP contribution in [-0.4, -0.2) is 68.8 Å². The van der Waals surface area contributed by atoms with Gasteiger partial charge in [-0.25, -0.2) is 0 Å². The van der Waals surface area contributed by atoms with Crippen molar-refractivity contribution in [3.63, 3.8) is 0 Å². The van der Waals surface area contributed by atoms with E-state index in [1.54, 1.807) is 0 Å². The second-order valence-corrected chi connectivity index (χ2v) is 6.46. The molecule has 0 aromatic carbocycles. The van der Waals surface area contributed by atoms with Crippen molar-refractivity contribution in [3.8, 4) is 0 Å². The van der Waals surface area contributed by atoms with Gasteiger partial charge in [0.1, 0.15) is 0 Å². The van der Waals surface area contributed by atoms with E-state index in [2.05, 4.69) is 30.9 Å². The Morgan fingerprint density at radius 2 is 2.06 bits per heavy atom. The number of nitrogens with zero attached hydrogens (tertiary/aromatic N) is 2. The van der Waals surface area contributed by atoms with E-state index in [1.165, 1.54) is 19.3 Å². The van der Waals surface area contributed by atoms with Gasteiger partial charge in [0.15, 0.2) is 0 Å². The van der Waals surface area contributed by atoms with E-state index < -0.39 is 0 Å². The number of hydrogen-bond donors (Lipinski definition) is 1. The van der Waals surface area contributed by atoms with Gasteiger partial charge < -0.3 is 20.3 Å². The molecular formula is C14H29N3O. The molecule has 1 saturated carbocycles. The van der Waals surface area contributed by atoms with Crippen LogP contribution in [0.4, 0.5) is 0 Å². The third kappa shape index (κ3) is 3.05. The lowest BCUT2D eigenvalue weighted by molar-refractivity contribution is 0.0249. The highest BCUT2D eigenvalue weighted by molar-refractivity contribution is 4.98. The summed E-state index contributed by atoms with van der Waals surface area (Å²) in [6.07, 6.45) is 5.15. The van der Waals surface area contributed by atoms with Crippen molar-refractivity contribution in [2.45, 2.75) is 37.3 Å². The zero-order valence-electron chi connectivity index (χ0n) is 12.2. The zero-order valence-corrected chi connectivity index (χ0v) is 12.2. The second kappa shape index (κ2) is 5.87. The summed E-state index contributed by atoms with van der Waals surface area (Å²) in [5, 5.41) is 0. The van der Waals surface area contributed by atoms with Gasteiger partial charge in [-0.05, 0) is 46.8 Å². The lowest BCUT2D eigenvalue weighted by Gasteiger charge is -2.49. The van der Waals surface area contributed by atoms with Gasteiger partial charge in [0.2, 0.25) is 0 Å². The van der Waals surface area contributed by atoms with Crippen LogP contribution in [0.2, 0.25) is 0 Å². The third-order valence-corrected chi connectivity index (χ3v) is 4.89. The van der Waals surface area contributed by atoms with Crippen LogP contribution in [0.3, 0.4) is 0 Å². The minimum atomic E-state index is 0.261. The molecule has 0 amide bonds. The number of ether oxygens (including phenoxy) is 1. The van der Waals surface area contributed by atoms with Crippen molar-refractivity contribution in [1.82, 2.24) is 9.80 Å². The molecule has 18 heavy (non-hydrogen) atoms. The quantitative estimate of drug-likeness (QED) is 0.761. The largest absolute Gasteiger partial charge is 0.381 e. The summed E-state index contributed by atoms with van der Waals surface area (Å²) in [5.41, 5.74) is 6.70. The van der Waals surface area contributed by atoms with Gasteiger partial charge in [-0.3, -0.25) is 0 Å². The van der Waals surface area contributed by atoms with Crippen molar-refractivity contribution in [3.05, 3.63) is 0 Å². The van der Waals surface area contributed by atoms with E-state index in [-0.39, 0.29) is 6.04 Å². The summed E-state index contributed by atoms with van der Waals surface area (Å²) in [6.45, 7) is 3.88. The van der Waals surface area contributed by atoms with Crippen molar-refractivity contribution < 1.29 is 4.74 Å². The number of likely N-dealkylation sites (N-methyl/N-ethyl adjacent to an activating group) is 2. The Hall–Kier alpha value is -0.160. The van der Waals surface area contributed by atoms with Crippen molar-refractivity contribution in [2.75, 3.05) is 47.4 Å². The van der Waals surface area contributed by atoms with Gasteiger partial charge in [-0.2, -0.15) is 0 Å². The first-order valence-corrected chi connectivity index (χ1v) is 7.23. The van der Waals surface area contributed by atoms with Crippen LogP contribution in [0.1, 0.15) is 25.7 Å². The maximum atomic E-state index is 6.30. The predicted molar refractivity (Wildman–Crippen MR) is 74.7 cm³/mol. The molecule has 1 aliphatic heterocycles. The van der Waals surface area contributed by atoms with E-state index in [0.717, 1.165) is 32.7 Å². The minimum absolute atomic E-state index is 0.261. The SMILES string of the molecule is CN(CC(N)C1CCOC1)CC1(N(C)C)CCC1. The van der Waals surface area contributed by atoms with E-state index in [0.29, 0.717) is 11.5 Å². The van der Waals surface area contributed by atoms with Crippen LogP contribution in [0.5, 0.6) is 0 Å². The Morgan fingerprint density at radius 3 is 2.50 bits per heavy atom. The van der Waals surface area contributed by atoms with Crippen molar-refractivity contribution >= 4 is 0 Å². The highest BCUT2D eigenvalue weighted by Crippen LogP contribution is 2.36. The molecule has 2 rings (SSSR count). The molecule has 2 aliphatic rings. The van der Waals surface area contributed by atoms with Crippen LogP contribution in [0, 0.1) is 5.92 Å². The molecule has 0 aromatic heterocycles. The Morgan fingerprint density at radius 1 is 1.33 bits per heavy atom. The van der Waals surface area contributed by atoms with E-state index in [4.69, 9.17) is 10.5 Å². The van der Waals surface area contributed by atoms with Crippen LogP contribution < -0.4 is 5.73 Å². The molecule has 0 aromatic rings. The second-order valence-electron chi connectivity index (χ2n) is 6.46. The Labute approximate surface area is 111 Å². The molecular weight excluding hydrogens is 226 g/mol. The molecule has 2 atom stereocenters. The molecule has 0 radical (unpaired) electrons. The Kier molecular flexibility index (Phi) is 4.64. The standard InChI is InChI=1S/C14H29N3O/c1-16(2)14(6-4-7-14)11-17(3)9-13(15)12-5-8-18-10-12/h12-13H,4-11,15H2,1-3H3. The van der Waals surface area contributed by atoms with Crippen LogP contribution in [-0.2, 0) is 4.74 Å². The summed E-state index contributed by atoms with van der Waals surface area (Å²) >= 11 is 0. The average molecular weight is 255 g/mol. The molecule has 2 fully saturated rings. The normalized spacial score (nSPS) is 28.7. The number of rotatable bonds is 6. The highest BCUT2D eigenvalue weighted by Gasteiger charge is 2.40. The van der Waals surface area contributed by atoms with Gasteiger partial charge in [-0.15, -0.1) is 0 Å². The smallest absolute Gasteiger partial charge is 0.0510 e. The summed E-state index contributed by atoms with van der Waals surface area (Å²) in [7, 11) is 6.62. The van der Waals surface area contributed by atoms with Crippen LogP contribution in [0.25, 0.3) is 0 Å². The summed E-state index contributed by atoms with van der Waals surface area (Å²) in [5.74, 6) is 0.559. The zero-order chi connectivity index (χ0) is 13.2. The monoisotopic (exact) mass is 255 g/mol. The molecule has 106 valence electrons. The fourth-order valence-corrected chi connectivity index (χ4v) is 3.30. The first-order valence-electron chi connectivity index (χ1n) is 7.23. The fourth-order valence-electron chi connectivity index (χ4n) is 3.30. The number of hydrogen-bond acceptors (Lipinski definition) is 4. The van der Waals surface area contributed by atoms with E-state index in [9.17, 15) is 0 Å². The molecule has 1 saturated heterocycles. The van der Waals surface area contributed by atoms with Gasteiger partial charge in [0.05, 0.1) is 6.61 Å². The third-order valence-electron chi connectivity index (χ3n) is 4.89. The minimum Gasteiger partial charge on any atom is -0.381 e. The molecule has 2 N–H and O–H groups in total. The predicted octanol–water partition coefficient (Wildman–Crippen LogP) is 0.766. The summed E-state index contributed by atoms with van der Waals surface area (Å²) < 4.78 is 5.42. The number of nitrogens with two attached hydrogens (primary N) is 1. The first kappa shape index (κ1) is 14.3. The Balaban J connectivity index is 1.78. The molecule has 0 spiro atoms. The summed E-state index contributed by atoms with van der Waals surface area (Å²) in [6, 6.07) is 0.261. The van der Waals surface area contributed by atoms with E-state index >= 15 is 0 Å². The molecule has 2 unspecified atom stereocenters. The first-order chi connectivity index (χ1) is 8.53. The summed E-state index contributed by atoms with van der Waals surface area (Å²) in [4.78, 5) is 4.82. The molecule has 1 aliphatic carbocycles. The van der Waals surface area contributed by atoms with Crippen LogP contribution >= 0.6 is 0 Å². The van der Waals surface area contributed by atoms with E-state index in [1.807, 2.05) is 0 Å².